The molecule has 0 aromatic carbocycles. The summed E-state index contributed by atoms with van der Waals surface area (Å²) in [7, 11) is 0. The van der Waals surface area contributed by atoms with Gasteiger partial charge < -0.3 is 0 Å². The highest BCUT2D eigenvalue weighted by molar-refractivity contribution is 5.17. The zero-order valence-electron chi connectivity index (χ0n) is 5.22. The fourth-order valence-electron chi connectivity index (χ4n) is 0.248. The van der Waals surface area contributed by atoms with Crippen molar-refractivity contribution in [2.45, 2.75) is 6.18 Å². The van der Waals surface area contributed by atoms with E-state index in [1.165, 1.54) is 0 Å². The average Bonchev–Trinajstić information content (AvgIpc) is 1.85. The molecule has 0 aromatic heterocycles. The maximum atomic E-state index is 11.6. The lowest BCUT2D eigenvalue weighted by Gasteiger charge is -2.00. The molecule has 0 amide bonds. The Morgan fingerprint density at radius 2 is 1.33 bits per heavy atom. The molecule has 0 nitrogen and oxygen atoms in total. The van der Waals surface area contributed by atoms with Crippen LogP contribution in [0.5, 0.6) is 0 Å². The minimum Gasteiger partial charge on any atom is -0.202 e. The zero-order valence-corrected chi connectivity index (χ0v) is 5.22. The average molecular weight is 194 g/mol. The summed E-state index contributed by atoms with van der Waals surface area (Å²) in [5, 5.41) is 0. The summed E-state index contributed by atoms with van der Waals surface area (Å²) >= 11 is 0. The third-order valence-corrected chi connectivity index (χ3v) is 0.705. The first-order chi connectivity index (χ1) is 5.25. The van der Waals surface area contributed by atoms with Crippen molar-refractivity contribution in [2.75, 3.05) is 0 Å². The summed E-state index contributed by atoms with van der Waals surface area (Å²) in [4.78, 5) is 0. The van der Waals surface area contributed by atoms with Gasteiger partial charge in [-0.15, -0.1) is 0 Å². The number of rotatable bonds is 1. The van der Waals surface area contributed by atoms with E-state index >= 15 is 0 Å². The van der Waals surface area contributed by atoms with Gasteiger partial charge in [0.15, 0.2) is 5.83 Å². The predicted molar refractivity (Wildman–Crippen MR) is 25.6 cm³/mol. The molecule has 0 aliphatic heterocycles. The van der Waals surface area contributed by atoms with E-state index in [2.05, 4.69) is 0 Å². The molecule has 0 spiro atoms. The van der Waals surface area contributed by atoms with Crippen molar-refractivity contribution in [3.8, 4) is 0 Å². The van der Waals surface area contributed by atoms with E-state index in [0.29, 0.717) is 0 Å². The van der Waals surface area contributed by atoms with E-state index in [1.54, 1.807) is 0 Å². The van der Waals surface area contributed by atoms with Gasteiger partial charge in [-0.3, -0.25) is 0 Å². The molecular formula is C5HF7. The van der Waals surface area contributed by atoms with Gasteiger partial charge >= 0.3 is 12.3 Å². The minimum absolute atomic E-state index is 0.921. The molecule has 70 valence electrons. The quantitative estimate of drug-likeness (QED) is 0.442. The molecule has 0 heterocycles. The summed E-state index contributed by atoms with van der Waals surface area (Å²) in [5.74, 6) is -5.45. The summed E-state index contributed by atoms with van der Waals surface area (Å²) in [5.41, 5.74) is 0. The van der Waals surface area contributed by atoms with Gasteiger partial charge in [-0.05, 0) is 0 Å². The third kappa shape index (κ3) is 3.40. The van der Waals surface area contributed by atoms with Crippen LogP contribution in [0, 0.1) is 0 Å². The maximum Gasteiger partial charge on any atom is 0.443 e. The molecule has 0 saturated carbocycles. The standard InChI is InChI=1S/C5HF7/c6-2(4(8)9)1-3(7)5(10,11)12/h1H. The first-order valence-corrected chi connectivity index (χ1v) is 2.40. The van der Waals surface area contributed by atoms with Gasteiger partial charge in [-0.25, -0.2) is 8.78 Å². The van der Waals surface area contributed by atoms with Crippen LogP contribution in [0.3, 0.4) is 0 Å². The Kier molecular flexibility index (Phi) is 3.29. The van der Waals surface area contributed by atoms with E-state index < -0.39 is 30.0 Å². The van der Waals surface area contributed by atoms with E-state index in [-0.39, 0.29) is 0 Å². The summed E-state index contributed by atoms with van der Waals surface area (Å²) in [6, 6.07) is 0. The highest BCUT2D eigenvalue weighted by atomic mass is 19.4. The monoisotopic (exact) mass is 194 g/mol. The fraction of sp³-hybridized carbons (Fsp3) is 0.200. The molecule has 0 atom stereocenters. The lowest BCUT2D eigenvalue weighted by molar-refractivity contribution is -0.108. The summed E-state index contributed by atoms with van der Waals surface area (Å²) in [6.07, 6.45) is -9.36. The molecule has 0 bridgehead atoms. The molecule has 0 unspecified atom stereocenters. The maximum absolute atomic E-state index is 11.6. The van der Waals surface area contributed by atoms with E-state index in [0.717, 1.165) is 0 Å². The van der Waals surface area contributed by atoms with E-state index in [9.17, 15) is 30.7 Å². The van der Waals surface area contributed by atoms with Gasteiger partial charge in [-0.1, -0.05) is 0 Å². The summed E-state index contributed by atoms with van der Waals surface area (Å²) < 4.78 is 79.1. The highest BCUT2D eigenvalue weighted by Crippen LogP contribution is 2.28. The second-order valence-corrected chi connectivity index (χ2v) is 1.60. The molecule has 0 aliphatic rings. The molecule has 0 aliphatic carbocycles. The van der Waals surface area contributed by atoms with Crippen molar-refractivity contribution in [3.63, 3.8) is 0 Å². The Morgan fingerprint density at radius 1 is 0.917 bits per heavy atom. The SMILES string of the molecule is FC(=CC(F)=C(F)F)C(F)(F)F. The minimum atomic E-state index is -5.44. The van der Waals surface area contributed by atoms with Crippen LogP contribution in [-0.4, -0.2) is 6.18 Å². The van der Waals surface area contributed by atoms with Gasteiger partial charge in [0.05, 0.1) is 0 Å². The normalized spacial score (nSPS) is 13.1. The molecule has 0 fully saturated rings. The Hall–Kier alpha value is -1.01. The number of hydrogen-bond acceptors (Lipinski definition) is 0. The second-order valence-electron chi connectivity index (χ2n) is 1.60. The van der Waals surface area contributed by atoms with Crippen molar-refractivity contribution < 1.29 is 30.7 Å². The van der Waals surface area contributed by atoms with Crippen molar-refractivity contribution in [3.05, 3.63) is 23.8 Å². The predicted octanol–water partition coefficient (Wildman–Crippen LogP) is 3.48. The van der Waals surface area contributed by atoms with Crippen molar-refractivity contribution in [1.82, 2.24) is 0 Å². The number of allylic oxidation sites excluding steroid dienone is 3. The molecule has 0 rings (SSSR count). The van der Waals surface area contributed by atoms with Crippen LogP contribution in [0.4, 0.5) is 30.7 Å². The fourth-order valence-corrected chi connectivity index (χ4v) is 0.248. The van der Waals surface area contributed by atoms with Crippen LogP contribution in [0.15, 0.2) is 23.8 Å². The largest absolute Gasteiger partial charge is 0.443 e. The van der Waals surface area contributed by atoms with E-state index in [4.69, 9.17) is 0 Å². The first kappa shape index (κ1) is 11.0. The summed E-state index contributed by atoms with van der Waals surface area (Å²) in [6.45, 7) is 0. The Labute approximate surface area is 62.0 Å². The molecule has 0 aromatic rings. The molecule has 0 saturated heterocycles. The van der Waals surface area contributed by atoms with Gasteiger partial charge in [0.1, 0.15) is 0 Å². The van der Waals surface area contributed by atoms with Crippen molar-refractivity contribution >= 4 is 0 Å². The van der Waals surface area contributed by atoms with Crippen LogP contribution in [0.25, 0.3) is 0 Å². The van der Waals surface area contributed by atoms with Crippen LogP contribution in [0.1, 0.15) is 0 Å². The van der Waals surface area contributed by atoms with Gasteiger partial charge in [-0.2, -0.15) is 22.0 Å². The topological polar surface area (TPSA) is 0 Å². The molecule has 12 heavy (non-hydrogen) atoms. The Balaban J connectivity index is 4.71. The van der Waals surface area contributed by atoms with Crippen LogP contribution in [-0.2, 0) is 0 Å². The lowest BCUT2D eigenvalue weighted by Crippen LogP contribution is -2.07. The zero-order chi connectivity index (χ0) is 9.94. The molecule has 0 radical (unpaired) electrons. The number of hydrogen-bond donors (Lipinski definition) is 0. The molecule has 0 N–H and O–H groups in total. The molecule has 7 heteroatoms. The van der Waals surface area contributed by atoms with Crippen molar-refractivity contribution in [2.24, 2.45) is 0 Å². The third-order valence-electron chi connectivity index (χ3n) is 0.705. The van der Waals surface area contributed by atoms with Gasteiger partial charge in [0, 0.05) is 6.08 Å². The van der Waals surface area contributed by atoms with Gasteiger partial charge in [0.2, 0.25) is 5.83 Å². The highest BCUT2D eigenvalue weighted by Gasteiger charge is 2.35. The lowest BCUT2D eigenvalue weighted by atomic mass is 10.4. The van der Waals surface area contributed by atoms with E-state index in [1.807, 2.05) is 0 Å². The Morgan fingerprint density at radius 3 is 1.58 bits per heavy atom. The Bertz CT molecular complexity index is 216. The van der Waals surface area contributed by atoms with Gasteiger partial charge in [0.25, 0.3) is 0 Å². The van der Waals surface area contributed by atoms with Crippen molar-refractivity contribution in [1.29, 1.82) is 0 Å². The van der Waals surface area contributed by atoms with Crippen LogP contribution >= 0.6 is 0 Å². The number of alkyl halides is 3. The van der Waals surface area contributed by atoms with Crippen LogP contribution < -0.4 is 0 Å². The first-order valence-electron chi connectivity index (χ1n) is 2.40. The smallest absolute Gasteiger partial charge is 0.202 e. The second kappa shape index (κ2) is 3.59. The number of halogens is 7. The van der Waals surface area contributed by atoms with Crippen LogP contribution in [0.2, 0.25) is 0 Å². The molecular weight excluding hydrogens is 193 g/mol.